The molecule has 0 saturated carbocycles. The Morgan fingerprint density at radius 1 is 1.26 bits per heavy atom. The third-order valence-electron chi connectivity index (χ3n) is 3.00. The molecule has 0 saturated heterocycles. The van der Waals surface area contributed by atoms with Gasteiger partial charge in [-0.2, -0.15) is 0 Å². The Morgan fingerprint density at radius 2 is 2.09 bits per heavy atom. The second-order valence-electron chi connectivity index (χ2n) is 4.75. The molecule has 7 nitrogen and oxygen atoms in total. The average molecular weight is 322 g/mol. The molecular formula is C16H22N2O5. The molecule has 1 amide bonds. The SMILES string of the molecule is CCCN=C(NC(=O)c1ccc2c(c1)OCO2)OCCOCC. The second kappa shape index (κ2) is 8.99. The van der Waals surface area contributed by atoms with Crippen molar-refractivity contribution in [2.24, 2.45) is 4.99 Å². The summed E-state index contributed by atoms with van der Waals surface area (Å²) in [6, 6.07) is 5.21. The van der Waals surface area contributed by atoms with E-state index in [9.17, 15) is 4.79 Å². The van der Waals surface area contributed by atoms with Gasteiger partial charge in [-0.05, 0) is 31.5 Å². The van der Waals surface area contributed by atoms with E-state index >= 15 is 0 Å². The zero-order valence-corrected chi connectivity index (χ0v) is 13.5. The summed E-state index contributed by atoms with van der Waals surface area (Å²) in [5.74, 6) is 0.880. The second-order valence-corrected chi connectivity index (χ2v) is 4.75. The predicted octanol–water partition coefficient (Wildman–Crippen LogP) is 1.96. The number of nitrogens with zero attached hydrogens (tertiary/aromatic N) is 1. The van der Waals surface area contributed by atoms with Crippen molar-refractivity contribution < 1.29 is 23.7 Å². The minimum absolute atomic E-state index is 0.171. The first-order valence-corrected chi connectivity index (χ1v) is 7.70. The number of benzene rings is 1. The lowest BCUT2D eigenvalue weighted by molar-refractivity contribution is 0.0921. The van der Waals surface area contributed by atoms with Gasteiger partial charge in [-0.3, -0.25) is 10.1 Å². The number of rotatable bonds is 7. The van der Waals surface area contributed by atoms with E-state index in [0.29, 0.717) is 43.4 Å². The highest BCUT2D eigenvalue weighted by Crippen LogP contribution is 2.32. The minimum atomic E-state index is -0.311. The zero-order chi connectivity index (χ0) is 16.5. The molecule has 0 atom stereocenters. The topological polar surface area (TPSA) is 78.4 Å². The van der Waals surface area contributed by atoms with E-state index in [1.807, 2.05) is 13.8 Å². The molecule has 23 heavy (non-hydrogen) atoms. The van der Waals surface area contributed by atoms with E-state index in [0.717, 1.165) is 6.42 Å². The van der Waals surface area contributed by atoms with Gasteiger partial charge in [0.1, 0.15) is 6.61 Å². The van der Waals surface area contributed by atoms with Gasteiger partial charge in [-0.25, -0.2) is 4.99 Å². The van der Waals surface area contributed by atoms with Crippen LogP contribution in [0, 0.1) is 0 Å². The van der Waals surface area contributed by atoms with Crippen LogP contribution in [0.15, 0.2) is 23.2 Å². The van der Waals surface area contributed by atoms with Crippen molar-refractivity contribution in [2.75, 3.05) is 33.2 Å². The highest BCUT2D eigenvalue weighted by molar-refractivity contribution is 6.04. The van der Waals surface area contributed by atoms with Gasteiger partial charge in [0.15, 0.2) is 11.5 Å². The van der Waals surface area contributed by atoms with E-state index in [-0.39, 0.29) is 18.7 Å². The maximum atomic E-state index is 12.3. The smallest absolute Gasteiger partial charge is 0.291 e. The highest BCUT2D eigenvalue weighted by atomic mass is 16.7. The quantitative estimate of drug-likeness (QED) is 0.472. The Morgan fingerprint density at radius 3 is 2.87 bits per heavy atom. The molecule has 0 fully saturated rings. The summed E-state index contributed by atoms with van der Waals surface area (Å²) in [6.45, 7) is 6.05. The molecule has 1 heterocycles. The van der Waals surface area contributed by atoms with Gasteiger partial charge < -0.3 is 18.9 Å². The normalized spacial score (nSPS) is 13.0. The number of nitrogens with one attached hydrogen (secondary N) is 1. The van der Waals surface area contributed by atoms with Crippen LogP contribution in [0.2, 0.25) is 0 Å². The van der Waals surface area contributed by atoms with E-state index < -0.39 is 0 Å². The first-order chi connectivity index (χ1) is 11.2. The van der Waals surface area contributed by atoms with Crippen LogP contribution in [-0.2, 0) is 9.47 Å². The molecule has 7 heteroatoms. The summed E-state index contributed by atoms with van der Waals surface area (Å²) in [5, 5.41) is 2.67. The minimum Gasteiger partial charge on any atom is -0.463 e. The monoisotopic (exact) mass is 322 g/mol. The molecule has 1 aromatic carbocycles. The summed E-state index contributed by atoms with van der Waals surface area (Å²) in [7, 11) is 0. The molecule has 0 radical (unpaired) electrons. The van der Waals surface area contributed by atoms with Crippen molar-refractivity contribution in [1.82, 2.24) is 5.32 Å². The molecule has 126 valence electrons. The predicted molar refractivity (Wildman–Crippen MR) is 85.1 cm³/mol. The molecule has 1 aromatic rings. The third-order valence-corrected chi connectivity index (χ3v) is 3.00. The van der Waals surface area contributed by atoms with Gasteiger partial charge in [-0.15, -0.1) is 0 Å². The largest absolute Gasteiger partial charge is 0.463 e. The van der Waals surface area contributed by atoms with Crippen LogP contribution in [0.5, 0.6) is 11.5 Å². The standard InChI is InChI=1S/C16H22N2O5/c1-3-7-17-16(21-9-8-20-4-2)18-15(19)12-5-6-13-14(10-12)23-11-22-13/h5-6,10H,3-4,7-9,11H2,1-2H3,(H,17,18,19). The van der Waals surface area contributed by atoms with Gasteiger partial charge >= 0.3 is 0 Å². The first kappa shape index (κ1) is 17.1. The first-order valence-electron chi connectivity index (χ1n) is 7.70. The summed E-state index contributed by atoms with van der Waals surface area (Å²) < 4.78 is 21.2. The summed E-state index contributed by atoms with van der Waals surface area (Å²) in [4.78, 5) is 16.5. The molecule has 1 N–H and O–H groups in total. The van der Waals surface area contributed by atoms with Crippen molar-refractivity contribution in [1.29, 1.82) is 0 Å². The van der Waals surface area contributed by atoms with Crippen LogP contribution >= 0.6 is 0 Å². The fraction of sp³-hybridized carbons (Fsp3) is 0.500. The number of hydrogen-bond acceptors (Lipinski definition) is 6. The van der Waals surface area contributed by atoms with Crippen molar-refractivity contribution in [3.05, 3.63) is 23.8 Å². The van der Waals surface area contributed by atoms with Crippen molar-refractivity contribution in [3.8, 4) is 11.5 Å². The van der Waals surface area contributed by atoms with Crippen LogP contribution in [0.4, 0.5) is 0 Å². The maximum absolute atomic E-state index is 12.3. The molecule has 1 aliphatic rings. The van der Waals surface area contributed by atoms with Crippen LogP contribution in [-0.4, -0.2) is 45.1 Å². The highest BCUT2D eigenvalue weighted by Gasteiger charge is 2.17. The van der Waals surface area contributed by atoms with Crippen LogP contribution in [0.1, 0.15) is 30.6 Å². The van der Waals surface area contributed by atoms with Crippen LogP contribution in [0.3, 0.4) is 0 Å². The Bertz CT molecular complexity index is 559. The Balaban J connectivity index is 1.96. The number of hydrogen-bond donors (Lipinski definition) is 1. The van der Waals surface area contributed by atoms with Crippen molar-refractivity contribution >= 4 is 11.9 Å². The lowest BCUT2D eigenvalue weighted by Gasteiger charge is -2.11. The van der Waals surface area contributed by atoms with E-state index in [1.54, 1.807) is 18.2 Å². The van der Waals surface area contributed by atoms with Crippen molar-refractivity contribution in [3.63, 3.8) is 0 Å². The van der Waals surface area contributed by atoms with Gasteiger partial charge in [0.05, 0.1) is 6.61 Å². The Labute approximate surface area is 135 Å². The molecule has 1 aliphatic heterocycles. The average Bonchev–Trinajstić information content (AvgIpc) is 3.03. The number of ether oxygens (including phenoxy) is 4. The van der Waals surface area contributed by atoms with Crippen LogP contribution in [0.25, 0.3) is 0 Å². The molecule has 0 unspecified atom stereocenters. The molecule has 0 bridgehead atoms. The lowest BCUT2D eigenvalue weighted by atomic mass is 10.2. The molecular weight excluding hydrogens is 300 g/mol. The van der Waals surface area contributed by atoms with Gasteiger partial charge in [0.25, 0.3) is 11.9 Å². The summed E-state index contributed by atoms with van der Waals surface area (Å²) in [6.07, 6.45) is 0.859. The van der Waals surface area contributed by atoms with Gasteiger partial charge in [0.2, 0.25) is 6.79 Å². The number of aliphatic imine (C=N–C) groups is 1. The Hall–Kier alpha value is -2.28. The number of carbonyl (C=O) groups excluding carboxylic acids is 1. The fourth-order valence-electron chi connectivity index (χ4n) is 1.88. The number of amides is 1. The van der Waals surface area contributed by atoms with Gasteiger partial charge in [-0.1, -0.05) is 6.92 Å². The molecule has 0 aliphatic carbocycles. The van der Waals surface area contributed by atoms with E-state index in [2.05, 4.69) is 10.3 Å². The molecule has 0 aromatic heterocycles. The number of amidine groups is 1. The van der Waals surface area contributed by atoms with E-state index in [1.165, 1.54) is 0 Å². The lowest BCUT2D eigenvalue weighted by Crippen LogP contribution is -2.33. The number of fused-ring (bicyclic) bond motifs is 1. The van der Waals surface area contributed by atoms with Gasteiger partial charge in [0, 0.05) is 18.7 Å². The molecule has 2 rings (SSSR count). The molecule has 0 spiro atoms. The van der Waals surface area contributed by atoms with Crippen LogP contribution < -0.4 is 14.8 Å². The summed E-state index contributed by atoms with van der Waals surface area (Å²) >= 11 is 0. The zero-order valence-electron chi connectivity index (χ0n) is 13.5. The third kappa shape index (κ3) is 5.14. The summed E-state index contributed by atoms with van der Waals surface area (Å²) in [5.41, 5.74) is 0.451. The number of carbonyl (C=O) groups is 1. The van der Waals surface area contributed by atoms with Crippen molar-refractivity contribution in [2.45, 2.75) is 20.3 Å². The fourth-order valence-corrected chi connectivity index (χ4v) is 1.88. The van der Waals surface area contributed by atoms with E-state index in [4.69, 9.17) is 18.9 Å². The maximum Gasteiger partial charge on any atom is 0.291 e. The Kier molecular flexibility index (Phi) is 6.68.